The Labute approximate surface area is 306 Å². The van der Waals surface area contributed by atoms with Crippen LogP contribution in [0.5, 0.6) is 0 Å². The summed E-state index contributed by atoms with van der Waals surface area (Å²) in [6.07, 6.45) is -7.97. The molecule has 1 aliphatic rings. The van der Waals surface area contributed by atoms with Gasteiger partial charge in [0, 0.05) is 12.3 Å². The van der Waals surface area contributed by atoms with Gasteiger partial charge in [-0.25, -0.2) is 37.2 Å². The molecular weight excluding hydrogens is 752 g/mol. The van der Waals surface area contributed by atoms with Crippen molar-refractivity contribution in [1.29, 1.82) is 0 Å². The van der Waals surface area contributed by atoms with Crippen LogP contribution in [-0.2, 0) is 62.7 Å². The summed E-state index contributed by atoms with van der Waals surface area (Å²) in [4.78, 5) is 75.3. The van der Waals surface area contributed by atoms with E-state index in [1.807, 2.05) is 4.98 Å². The number of phosphoric ester groups is 1. The monoisotopic (exact) mass is 793 g/mol. The fraction of sp³-hybridized carbons (Fsp3) is 0.548. The number of ether oxygens (including phenoxy) is 7. The smallest absolute Gasteiger partial charge is 0.454 e. The van der Waals surface area contributed by atoms with Gasteiger partial charge in [0.1, 0.15) is 25.4 Å². The number of aromatic nitrogens is 2. The molecule has 3 N–H and O–H groups in total. The lowest BCUT2D eigenvalue weighted by Gasteiger charge is -2.34. The van der Waals surface area contributed by atoms with E-state index in [-0.39, 0.29) is 6.61 Å². The fourth-order valence-corrected chi connectivity index (χ4v) is 5.58. The van der Waals surface area contributed by atoms with Crippen molar-refractivity contribution in [2.45, 2.75) is 77.0 Å². The fourth-order valence-electron chi connectivity index (χ4n) is 4.62. The molecule has 2 aromatic rings. The van der Waals surface area contributed by atoms with Crippen molar-refractivity contribution < 1.29 is 80.0 Å². The van der Waals surface area contributed by atoms with E-state index >= 15 is 4.39 Å². The predicted octanol–water partition coefficient (Wildman–Crippen LogP) is 2.56. The largest absolute Gasteiger partial charge is 0.510 e. The molecule has 1 saturated heterocycles. The normalized spacial score (nSPS) is 21.0. The van der Waals surface area contributed by atoms with Gasteiger partial charge in [0.25, 0.3) is 5.56 Å². The van der Waals surface area contributed by atoms with Crippen LogP contribution in [0.15, 0.2) is 52.2 Å². The van der Waals surface area contributed by atoms with Crippen LogP contribution < -0.4 is 16.6 Å². The van der Waals surface area contributed by atoms with Crippen molar-refractivity contribution in [2.75, 3.05) is 33.4 Å². The van der Waals surface area contributed by atoms with E-state index in [0.29, 0.717) is 10.1 Å². The van der Waals surface area contributed by atoms with Gasteiger partial charge in [-0.05, 0) is 40.2 Å². The topological polar surface area (TPSA) is 265 Å². The molecule has 1 aromatic carbocycles. The third-order valence-electron chi connectivity index (χ3n) is 6.93. The summed E-state index contributed by atoms with van der Waals surface area (Å²) in [6, 6.07) is 9.43. The molecule has 0 spiro atoms. The summed E-state index contributed by atoms with van der Waals surface area (Å²) < 4.78 is 79.9. The van der Waals surface area contributed by atoms with Crippen molar-refractivity contribution >= 4 is 32.2 Å². The van der Waals surface area contributed by atoms with Gasteiger partial charge < -0.3 is 43.6 Å². The molecule has 300 valence electrons. The lowest BCUT2D eigenvalue weighted by atomic mass is 9.88. The number of nitrogens with zero attached hydrogens (tertiary/aromatic N) is 1. The van der Waals surface area contributed by atoms with E-state index in [0.717, 1.165) is 19.2 Å². The van der Waals surface area contributed by atoms with E-state index in [1.54, 1.807) is 30.3 Å². The highest BCUT2D eigenvalue weighted by Crippen LogP contribution is 2.53. The number of carbonyl (C=O) groups excluding carboxylic acids is 4. The van der Waals surface area contributed by atoms with Gasteiger partial charge >= 0.3 is 37.9 Å². The predicted molar refractivity (Wildman–Crippen MR) is 176 cm³/mol. The van der Waals surface area contributed by atoms with Crippen LogP contribution in [0.1, 0.15) is 46.4 Å². The zero-order valence-electron chi connectivity index (χ0n) is 29.8. The highest BCUT2D eigenvalue weighted by Gasteiger charge is 2.65. The summed E-state index contributed by atoms with van der Waals surface area (Å²) in [5.74, 6) is -1.28. The van der Waals surface area contributed by atoms with Crippen LogP contribution in [0.3, 0.4) is 0 Å². The number of aliphatic hydroxyl groups is 1. The molecule has 4 atom stereocenters. The second-order valence-electron chi connectivity index (χ2n) is 12.0. The number of carbonyl (C=O) groups is 4. The van der Waals surface area contributed by atoms with Crippen LogP contribution in [0.25, 0.3) is 0 Å². The molecule has 0 radical (unpaired) electrons. The number of nitrogens with one attached hydrogen (secondary N) is 2. The van der Waals surface area contributed by atoms with Crippen LogP contribution in [0, 0.1) is 0 Å². The van der Waals surface area contributed by atoms with Crippen molar-refractivity contribution in [2.24, 2.45) is 0 Å². The Kier molecular flexibility index (Phi) is 15.7. The number of alkyl halides is 1. The van der Waals surface area contributed by atoms with E-state index < -0.39 is 113 Å². The van der Waals surface area contributed by atoms with Crippen molar-refractivity contribution in [1.82, 2.24) is 14.9 Å². The molecule has 0 aliphatic carbocycles. The molecule has 3 rings (SSSR count). The lowest BCUT2D eigenvalue weighted by Crippen LogP contribution is -2.56. The number of rotatable bonds is 18. The minimum absolute atomic E-state index is 0.150. The number of amides is 1. The number of esters is 1. The zero-order chi connectivity index (χ0) is 40.1. The number of aromatic amines is 1. The highest BCUT2D eigenvalue weighted by molar-refractivity contribution is 7.48. The molecule has 23 heteroatoms. The van der Waals surface area contributed by atoms with Crippen LogP contribution in [0.2, 0.25) is 0 Å². The van der Waals surface area contributed by atoms with Gasteiger partial charge in [-0.3, -0.25) is 23.7 Å². The van der Waals surface area contributed by atoms with Gasteiger partial charge in [0.15, 0.2) is 17.9 Å². The van der Waals surface area contributed by atoms with Crippen molar-refractivity contribution in [3.05, 3.63) is 69.0 Å². The molecule has 54 heavy (non-hydrogen) atoms. The second kappa shape index (κ2) is 19.5. The Hall–Kier alpha value is -4.86. The van der Waals surface area contributed by atoms with Gasteiger partial charge in [-0.2, -0.15) is 0 Å². The maximum atomic E-state index is 15.3. The minimum Gasteiger partial charge on any atom is -0.454 e. The lowest BCUT2D eigenvalue weighted by molar-refractivity contribution is -0.174. The molecule has 2 heterocycles. The van der Waals surface area contributed by atoms with Crippen LogP contribution >= 0.6 is 7.82 Å². The highest BCUT2D eigenvalue weighted by atomic mass is 31.2. The zero-order valence-corrected chi connectivity index (χ0v) is 30.6. The van der Waals surface area contributed by atoms with Gasteiger partial charge in [-0.15, -0.1) is 0 Å². The molecule has 0 bridgehead atoms. The number of benzene rings is 1. The number of H-pyrrole nitrogens is 1. The van der Waals surface area contributed by atoms with E-state index in [9.17, 15) is 38.4 Å². The average molecular weight is 794 g/mol. The van der Waals surface area contributed by atoms with E-state index in [2.05, 4.69) is 14.8 Å². The summed E-state index contributed by atoms with van der Waals surface area (Å²) in [5.41, 5.74) is -6.54. The molecular formula is C31H41FN3O18P. The number of hydrogen-bond donors (Lipinski definition) is 3. The first-order valence-electron chi connectivity index (χ1n) is 16.0. The molecule has 21 nitrogen and oxygen atoms in total. The van der Waals surface area contributed by atoms with Gasteiger partial charge in [0.2, 0.25) is 13.6 Å². The molecule has 0 unspecified atom stereocenters. The second-order valence-corrected chi connectivity index (χ2v) is 13.7. The summed E-state index contributed by atoms with van der Waals surface area (Å²) in [5, 5.41) is 13.8. The SMILES string of the molecule is CC(C)OC(=O)OCOP(=O)(OCOC(=O)OC(C)C)OC[C@@]1(CF)O[C@@H](n2ccc(=O)[nH]c2=O)[C@](C)(O)[C@@H]1OC(=O)CNC(=O)OCc1ccccc1. The number of phosphoric acid groups is 1. The first kappa shape index (κ1) is 43.5. The number of hydrogen-bond acceptors (Lipinski definition) is 18. The minimum atomic E-state index is -5.10. The summed E-state index contributed by atoms with van der Waals surface area (Å²) in [6.45, 7) is 0.696. The molecule has 0 saturated carbocycles. The molecule has 1 fully saturated rings. The third kappa shape index (κ3) is 12.6. The van der Waals surface area contributed by atoms with Gasteiger partial charge in [-0.1, -0.05) is 30.3 Å². The summed E-state index contributed by atoms with van der Waals surface area (Å²) >= 11 is 0. The van der Waals surface area contributed by atoms with Crippen LogP contribution in [0.4, 0.5) is 18.8 Å². The van der Waals surface area contributed by atoms with Crippen molar-refractivity contribution in [3.8, 4) is 0 Å². The average Bonchev–Trinajstić information content (AvgIpc) is 3.31. The molecule has 1 aliphatic heterocycles. The third-order valence-corrected chi connectivity index (χ3v) is 8.22. The van der Waals surface area contributed by atoms with Gasteiger partial charge in [0.05, 0.1) is 18.8 Å². The Balaban J connectivity index is 1.86. The number of alkyl carbamates (subject to hydrolysis) is 1. The van der Waals surface area contributed by atoms with Crippen molar-refractivity contribution in [3.63, 3.8) is 0 Å². The maximum Gasteiger partial charge on any atom is 0.510 e. The maximum absolute atomic E-state index is 15.3. The summed E-state index contributed by atoms with van der Waals surface area (Å²) in [7, 11) is -5.10. The molecule has 1 aromatic heterocycles. The Morgan fingerprint density at radius 2 is 1.56 bits per heavy atom. The first-order chi connectivity index (χ1) is 25.4. The standard InChI is InChI=1S/C31H41FN3O18P/c1-19(2)50-28(40)45-17-48-54(43,49-18-46-29(41)51-20(3)4)47-16-31(15-32)24(30(5,42)25(53-31)35-12-11-22(36)34-26(35)38)52-23(37)13-33-27(39)44-14-21-9-7-6-8-10-21/h6-12,19-20,24-25,42H,13-18H2,1-5H3,(H,33,39)(H,34,36,38)/t24-,25+,30+,31+/m0/s1. The van der Waals surface area contributed by atoms with E-state index in [1.165, 1.54) is 27.7 Å². The van der Waals surface area contributed by atoms with Crippen LogP contribution in [-0.4, -0.2) is 102 Å². The first-order valence-corrected chi connectivity index (χ1v) is 17.5. The Bertz CT molecular complexity index is 1720. The molecule has 1 amide bonds. The Morgan fingerprint density at radius 3 is 2.09 bits per heavy atom. The quantitative estimate of drug-likeness (QED) is 0.0847. The Morgan fingerprint density at radius 1 is 0.963 bits per heavy atom. The number of halogens is 1. The van der Waals surface area contributed by atoms with E-state index in [4.69, 9.17) is 37.3 Å².